The fourth-order valence-electron chi connectivity index (χ4n) is 1.70. The Morgan fingerprint density at radius 1 is 1.39 bits per heavy atom. The first kappa shape index (κ1) is 14.3. The van der Waals surface area contributed by atoms with E-state index in [9.17, 15) is 9.59 Å². The molecule has 0 aromatic rings. The maximum absolute atomic E-state index is 11.3. The van der Waals surface area contributed by atoms with Gasteiger partial charge in [0.15, 0.2) is 6.10 Å². The van der Waals surface area contributed by atoms with E-state index in [0.29, 0.717) is 32.4 Å². The number of carbonyl (C=O) groups is 2. The number of carbonyl (C=O) groups excluding carboxylic acids is 1. The molecule has 1 heterocycles. The Morgan fingerprint density at radius 3 is 2.78 bits per heavy atom. The second-order valence-corrected chi connectivity index (χ2v) is 4.11. The zero-order chi connectivity index (χ0) is 13.4. The number of nitrogens with one attached hydrogen (secondary N) is 2. The van der Waals surface area contributed by atoms with Crippen LogP contribution < -0.4 is 10.6 Å². The molecule has 6 nitrogen and oxygen atoms in total. The van der Waals surface area contributed by atoms with Gasteiger partial charge in [0.2, 0.25) is 0 Å². The summed E-state index contributed by atoms with van der Waals surface area (Å²) >= 11 is 0. The van der Waals surface area contributed by atoms with Crippen LogP contribution in [0.25, 0.3) is 0 Å². The highest BCUT2D eigenvalue weighted by Gasteiger charge is 2.30. The molecule has 1 aliphatic heterocycles. The van der Waals surface area contributed by atoms with Crippen LogP contribution in [0.15, 0.2) is 0 Å². The van der Waals surface area contributed by atoms with Crippen molar-refractivity contribution in [3.05, 3.63) is 0 Å². The van der Waals surface area contributed by atoms with Gasteiger partial charge in [-0.15, -0.1) is 12.3 Å². The minimum absolute atomic E-state index is 0.220. The van der Waals surface area contributed by atoms with Crippen molar-refractivity contribution >= 4 is 12.0 Å². The van der Waals surface area contributed by atoms with E-state index in [4.69, 9.17) is 16.3 Å². The maximum Gasteiger partial charge on any atom is 0.332 e. The van der Waals surface area contributed by atoms with Crippen LogP contribution in [-0.2, 0) is 9.53 Å². The summed E-state index contributed by atoms with van der Waals surface area (Å²) in [6, 6.07) is -0.283. The highest BCUT2D eigenvalue weighted by molar-refractivity contribution is 5.74. The van der Waals surface area contributed by atoms with E-state index in [1.165, 1.54) is 0 Å². The van der Waals surface area contributed by atoms with Crippen LogP contribution in [0.1, 0.15) is 25.7 Å². The number of unbranched alkanes of at least 4 members (excludes halogenated alkanes) is 1. The van der Waals surface area contributed by atoms with E-state index in [0.717, 1.165) is 6.42 Å². The van der Waals surface area contributed by atoms with Crippen molar-refractivity contribution in [3.63, 3.8) is 0 Å². The van der Waals surface area contributed by atoms with Crippen LogP contribution in [0.5, 0.6) is 0 Å². The van der Waals surface area contributed by atoms with Crippen LogP contribution in [0.4, 0.5) is 4.79 Å². The third-order valence-corrected chi connectivity index (χ3v) is 2.66. The molecule has 100 valence electrons. The first-order valence-corrected chi connectivity index (χ1v) is 5.97. The van der Waals surface area contributed by atoms with Gasteiger partial charge >= 0.3 is 12.0 Å². The molecule has 0 radical (unpaired) electrons. The predicted octanol–water partition coefficient (Wildman–Crippen LogP) is 0.331. The molecule has 0 saturated carbocycles. The van der Waals surface area contributed by atoms with Crippen LogP contribution in [0.2, 0.25) is 0 Å². The van der Waals surface area contributed by atoms with Gasteiger partial charge in [-0.1, -0.05) is 0 Å². The normalized spacial score (nSPS) is 22.2. The van der Waals surface area contributed by atoms with Gasteiger partial charge in [0.05, 0.1) is 6.10 Å². The average Bonchev–Trinajstić information content (AvgIpc) is 2.81. The van der Waals surface area contributed by atoms with Gasteiger partial charge in [0.1, 0.15) is 0 Å². The van der Waals surface area contributed by atoms with E-state index in [-0.39, 0.29) is 12.1 Å². The van der Waals surface area contributed by atoms with Crippen molar-refractivity contribution in [1.82, 2.24) is 10.6 Å². The Bertz CT molecular complexity index is 337. The van der Waals surface area contributed by atoms with Crippen LogP contribution in [-0.4, -0.2) is 42.4 Å². The molecule has 2 amide bonds. The monoisotopic (exact) mass is 254 g/mol. The molecule has 0 aliphatic carbocycles. The number of urea groups is 1. The number of ether oxygens (including phenoxy) is 1. The summed E-state index contributed by atoms with van der Waals surface area (Å²) in [5, 5.41) is 14.0. The molecule has 0 bridgehead atoms. The fourth-order valence-corrected chi connectivity index (χ4v) is 1.70. The van der Waals surface area contributed by atoms with Crippen molar-refractivity contribution in [2.24, 2.45) is 0 Å². The van der Waals surface area contributed by atoms with E-state index >= 15 is 0 Å². The van der Waals surface area contributed by atoms with Gasteiger partial charge in [-0.25, -0.2) is 9.59 Å². The maximum atomic E-state index is 11.3. The van der Waals surface area contributed by atoms with Crippen LogP contribution in [0, 0.1) is 12.3 Å². The highest BCUT2D eigenvalue weighted by Crippen LogP contribution is 2.18. The lowest BCUT2D eigenvalue weighted by atomic mass is 10.2. The Labute approximate surface area is 106 Å². The first-order chi connectivity index (χ1) is 8.63. The number of rotatable bonds is 6. The lowest BCUT2D eigenvalue weighted by Gasteiger charge is -2.12. The SMILES string of the molecule is C#CCCCNC(=O)NCC1CCC(C(=O)O)O1. The molecular formula is C12H18N2O4. The summed E-state index contributed by atoms with van der Waals surface area (Å²) in [5.41, 5.74) is 0. The number of hydrogen-bond donors (Lipinski definition) is 3. The minimum atomic E-state index is -0.948. The summed E-state index contributed by atoms with van der Waals surface area (Å²) in [6.45, 7) is 0.851. The summed E-state index contributed by atoms with van der Waals surface area (Å²) < 4.78 is 5.25. The number of carboxylic acid groups (broad SMARTS) is 1. The second kappa shape index (κ2) is 7.56. The number of carboxylic acids is 1. The molecule has 0 aromatic heterocycles. The Hall–Kier alpha value is -1.74. The number of hydrogen-bond acceptors (Lipinski definition) is 3. The standard InChI is InChI=1S/C12H18N2O4/c1-2-3-4-7-13-12(17)14-8-9-5-6-10(18-9)11(15)16/h1,9-10H,3-8H2,(H,15,16)(H2,13,14,17). The minimum Gasteiger partial charge on any atom is -0.479 e. The summed E-state index contributed by atoms with van der Waals surface area (Å²) in [4.78, 5) is 22.0. The summed E-state index contributed by atoms with van der Waals surface area (Å²) in [6.07, 6.45) is 6.63. The van der Waals surface area contributed by atoms with Gasteiger partial charge < -0.3 is 20.5 Å². The lowest BCUT2D eigenvalue weighted by Crippen LogP contribution is -2.40. The third kappa shape index (κ3) is 5.06. The molecule has 18 heavy (non-hydrogen) atoms. The Kier molecular flexibility index (Phi) is 6.01. The largest absolute Gasteiger partial charge is 0.479 e. The van der Waals surface area contributed by atoms with Crippen molar-refractivity contribution in [2.75, 3.05) is 13.1 Å². The summed E-state index contributed by atoms with van der Waals surface area (Å²) in [5.74, 6) is 1.54. The zero-order valence-corrected chi connectivity index (χ0v) is 10.1. The van der Waals surface area contributed by atoms with Crippen molar-refractivity contribution in [3.8, 4) is 12.3 Å². The molecule has 3 N–H and O–H groups in total. The van der Waals surface area contributed by atoms with Gasteiger partial charge in [-0.05, 0) is 19.3 Å². The first-order valence-electron chi connectivity index (χ1n) is 5.97. The van der Waals surface area contributed by atoms with Crippen molar-refractivity contribution < 1.29 is 19.4 Å². The van der Waals surface area contributed by atoms with E-state index < -0.39 is 12.1 Å². The molecule has 0 spiro atoms. The van der Waals surface area contributed by atoms with Crippen LogP contribution in [0.3, 0.4) is 0 Å². The number of terminal acetylenes is 1. The predicted molar refractivity (Wildman–Crippen MR) is 65.0 cm³/mol. The van der Waals surface area contributed by atoms with E-state index in [2.05, 4.69) is 16.6 Å². The third-order valence-electron chi connectivity index (χ3n) is 2.66. The molecule has 1 fully saturated rings. The van der Waals surface area contributed by atoms with E-state index in [1.807, 2.05) is 0 Å². The smallest absolute Gasteiger partial charge is 0.332 e. The summed E-state index contributed by atoms with van der Waals surface area (Å²) in [7, 11) is 0. The highest BCUT2D eigenvalue weighted by atomic mass is 16.5. The van der Waals surface area contributed by atoms with Crippen LogP contribution >= 0.6 is 0 Å². The number of amides is 2. The average molecular weight is 254 g/mol. The topological polar surface area (TPSA) is 87.7 Å². The van der Waals surface area contributed by atoms with Gasteiger partial charge in [-0.2, -0.15) is 0 Å². The Morgan fingerprint density at radius 2 is 2.17 bits per heavy atom. The molecular weight excluding hydrogens is 236 g/mol. The van der Waals surface area contributed by atoms with Gasteiger partial charge in [0, 0.05) is 19.5 Å². The molecule has 6 heteroatoms. The molecule has 1 aliphatic rings. The van der Waals surface area contributed by atoms with E-state index in [1.54, 1.807) is 0 Å². The fraction of sp³-hybridized carbons (Fsp3) is 0.667. The molecule has 0 aromatic carbocycles. The lowest BCUT2D eigenvalue weighted by molar-refractivity contribution is -0.149. The Balaban J connectivity index is 2.09. The quantitative estimate of drug-likeness (QED) is 0.471. The molecule has 1 rings (SSSR count). The second-order valence-electron chi connectivity index (χ2n) is 4.11. The van der Waals surface area contributed by atoms with Gasteiger partial charge in [0.25, 0.3) is 0 Å². The molecule has 2 unspecified atom stereocenters. The van der Waals surface area contributed by atoms with Crippen molar-refractivity contribution in [1.29, 1.82) is 0 Å². The van der Waals surface area contributed by atoms with Crippen molar-refractivity contribution in [2.45, 2.75) is 37.9 Å². The van der Waals surface area contributed by atoms with Gasteiger partial charge in [-0.3, -0.25) is 0 Å². The zero-order valence-electron chi connectivity index (χ0n) is 10.1. The molecule has 2 atom stereocenters. The molecule has 1 saturated heterocycles. The number of aliphatic carboxylic acids is 1.